The van der Waals surface area contributed by atoms with Gasteiger partial charge in [-0.15, -0.1) is 0 Å². The summed E-state index contributed by atoms with van der Waals surface area (Å²) in [5.41, 5.74) is 0.317. The van der Waals surface area contributed by atoms with Crippen LogP contribution in [0.15, 0.2) is 24.3 Å². The number of urea groups is 1. The number of benzene rings is 1. The van der Waals surface area contributed by atoms with E-state index in [0.717, 1.165) is 4.90 Å². The predicted molar refractivity (Wildman–Crippen MR) is 86.8 cm³/mol. The van der Waals surface area contributed by atoms with Crippen molar-refractivity contribution in [2.24, 2.45) is 5.92 Å². The van der Waals surface area contributed by atoms with Crippen LogP contribution >= 0.6 is 0 Å². The van der Waals surface area contributed by atoms with Gasteiger partial charge in [-0.2, -0.15) is 0 Å². The maximum absolute atomic E-state index is 12.1. The number of nitrogens with zero attached hydrogens (tertiary/aromatic N) is 1. The summed E-state index contributed by atoms with van der Waals surface area (Å²) >= 11 is 0. The number of rotatable bonds is 6. The summed E-state index contributed by atoms with van der Waals surface area (Å²) < 4.78 is 10.7. The summed E-state index contributed by atoms with van der Waals surface area (Å²) in [5, 5.41) is 2.53. The summed E-state index contributed by atoms with van der Waals surface area (Å²) in [6, 6.07) is 6.06. The molecular formula is C17H22N2O5. The Morgan fingerprint density at radius 1 is 1.21 bits per heavy atom. The van der Waals surface area contributed by atoms with Crippen LogP contribution in [0.5, 0.6) is 5.75 Å². The van der Waals surface area contributed by atoms with E-state index >= 15 is 0 Å². The third kappa shape index (κ3) is 4.47. The molecule has 24 heavy (non-hydrogen) atoms. The zero-order valence-electron chi connectivity index (χ0n) is 14.1. The molecule has 0 aromatic heterocycles. The van der Waals surface area contributed by atoms with Crippen LogP contribution in [-0.2, 0) is 9.53 Å². The average Bonchev–Trinajstić information content (AvgIpc) is 2.98. The summed E-state index contributed by atoms with van der Waals surface area (Å²) in [6.07, 6.45) is -1.03. The van der Waals surface area contributed by atoms with Gasteiger partial charge in [-0.1, -0.05) is 13.8 Å². The van der Waals surface area contributed by atoms with Crippen LogP contribution < -0.4 is 10.1 Å². The lowest BCUT2D eigenvalue weighted by Gasteiger charge is -2.18. The minimum Gasteiger partial charge on any atom is -0.493 e. The lowest BCUT2D eigenvalue weighted by molar-refractivity contribution is -0.136. The Bertz CT molecular complexity index is 612. The number of ether oxygens (including phenoxy) is 2. The molecule has 0 saturated carbocycles. The first-order valence-corrected chi connectivity index (χ1v) is 7.91. The van der Waals surface area contributed by atoms with Gasteiger partial charge in [-0.25, -0.2) is 9.59 Å². The zero-order valence-corrected chi connectivity index (χ0v) is 14.1. The molecule has 0 bridgehead atoms. The SMILES string of the molecule is CC(C)COc1ccc(C(=O)OC(C)C(=O)N2CCNC2=O)cc1. The molecule has 1 aliphatic heterocycles. The van der Waals surface area contributed by atoms with E-state index in [0.29, 0.717) is 30.4 Å². The maximum atomic E-state index is 12.1. The molecule has 1 aromatic carbocycles. The predicted octanol–water partition coefficient (Wildman–Crippen LogP) is 1.82. The number of carbonyl (C=O) groups excluding carboxylic acids is 3. The highest BCUT2D eigenvalue weighted by molar-refractivity contribution is 5.99. The van der Waals surface area contributed by atoms with Gasteiger partial charge in [0.1, 0.15) is 5.75 Å². The molecule has 0 aliphatic carbocycles. The number of nitrogens with one attached hydrogen (secondary N) is 1. The third-order valence-corrected chi connectivity index (χ3v) is 3.43. The number of esters is 1. The van der Waals surface area contributed by atoms with E-state index in [4.69, 9.17) is 9.47 Å². The lowest BCUT2D eigenvalue weighted by atomic mass is 10.2. The number of amides is 3. The second-order valence-corrected chi connectivity index (χ2v) is 6.00. The number of imide groups is 1. The van der Waals surface area contributed by atoms with Crippen LogP contribution in [0.3, 0.4) is 0 Å². The van der Waals surface area contributed by atoms with E-state index in [2.05, 4.69) is 5.32 Å². The van der Waals surface area contributed by atoms with Gasteiger partial charge >= 0.3 is 12.0 Å². The van der Waals surface area contributed by atoms with E-state index in [1.807, 2.05) is 13.8 Å². The zero-order chi connectivity index (χ0) is 17.7. The summed E-state index contributed by atoms with van der Waals surface area (Å²) in [6.45, 7) is 6.82. The molecule has 1 N–H and O–H groups in total. The molecule has 7 nitrogen and oxygen atoms in total. The molecule has 1 heterocycles. The Balaban J connectivity index is 1.91. The first-order valence-electron chi connectivity index (χ1n) is 7.91. The lowest BCUT2D eigenvalue weighted by Crippen LogP contribution is -2.41. The maximum Gasteiger partial charge on any atom is 0.338 e. The standard InChI is InChI=1S/C17H22N2O5/c1-11(2)10-23-14-6-4-13(5-7-14)16(21)24-12(3)15(20)19-9-8-18-17(19)22/h4-7,11-12H,8-10H2,1-3H3,(H,18,22). The molecular weight excluding hydrogens is 312 g/mol. The Morgan fingerprint density at radius 2 is 1.88 bits per heavy atom. The molecule has 0 spiro atoms. The molecule has 1 unspecified atom stereocenters. The molecule has 7 heteroatoms. The van der Waals surface area contributed by atoms with E-state index in [1.165, 1.54) is 6.92 Å². The number of hydrogen-bond acceptors (Lipinski definition) is 5. The van der Waals surface area contributed by atoms with Gasteiger partial charge in [0.15, 0.2) is 6.10 Å². The Labute approximate surface area is 140 Å². The molecule has 1 saturated heterocycles. The van der Waals surface area contributed by atoms with Crippen molar-refractivity contribution in [1.82, 2.24) is 10.2 Å². The Hall–Kier alpha value is -2.57. The minimum absolute atomic E-state index is 0.279. The average molecular weight is 334 g/mol. The highest BCUT2D eigenvalue weighted by Crippen LogP contribution is 2.15. The largest absolute Gasteiger partial charge is 0.493 e. The van der Waals surface area contributed by atoms with Crippen molar-refractivity contribution in [3.63, 3.8) is 0 Å². The molecule has 2 rings (SSSR count). The van der Waals surface area contributed by atoms with Crippen molar-refractivity contribution >= 4 is 17.9 Å². The monoisotopic (exact) mass is 334 g/mol. The van der Waals surface area contributed by atoms with Crippen molar-refractivity contribution in [1.29, 1.82) is 0 Å². The van der Waals surface area contributed by atoms with Gasteiger partial charge < -0.3 is 14.8 Å². The summed E-state index contributed by atoms with van der Waals surface area (Å²) in [4.78, 5) is 36.7. The molecule has 1 aliphatic rings. The van der Waals surface area contributed by atoms with Gasteiger partial charge in [0.2, 0.25) is 0 Å². The first kappa shape index (κ1) is 17.8. The summed E-state index contributed by atoms with van der Waals surface area (Å²) in [7, 11) is 0. The first-order chi connectivity index (χ1) is 11.4. The van der Waals surface area contributed by atoms with E-state index in [1.54, 1.807) is 24.3 Å². The Kier molecular flexibility index (Phi) is 5.78. The van der Waals surface area contributed by atoms with E-state index in [-0.39, 0.29) is 6.54 Å². The van der Waals surface area contributed by atoms with Gasteiger partial charge in [0.05, 0.1) is 12.2 Å². The number of hydrogen-bond donors (Lipinski definition) is 1. The van der Waals surface area contributed by atoms with Crippen molar-refractivity contribution < 1.29 is 23.9 Å². The van der Waals surface area contributed by atoms with Crippen LogP contribution in [0.1, 0.15) is 31.1 Å². The van der Waals surface area contributed by atoms with Crippen molar-refractivity contribution in [3.8, 4) is 5.75 Å². The molecule has 0 radical (unpaired) electrons. The second kappa shape index (κ2) is 7.81. The molecule has 1 atom stereocenters. The molecule has 1 aromatic rings. The fraction of sp³-hybridized carbons (Fsp3) is 0.471. The number of carbonyl (C=O) groups is 3. The third-order valence-electron chi connectivity index (χ3n) is 3.43. The molecule has 3 amide bonds. The fourth-order valence-electron chi connectivity index (χ4n) is 2.13. The van der Waals surface area contributed by atoms with Crippen LogP contribution in [0.2, 0.25) is 0 Å². The smallest absolute Gasteiger partial charge is 0.338 e. The van der Waals surface area contributed by atoms with Crippen LogP contribution in [0.4, 0.5) is 4.79 Å². The molecule has 130 valence electrons. The van der Waals surface area contributed by atoms with Crippen molar-refractivity contribution in [2.45, 2.75) is 26.9 Å². The van der Waals surface area contributed by atoms with Gasteiger partial charge in [-0.05, 0) is 37.1 Å². The molecule has 1 fully saturated rings. The van der Waals surface area contributed by atoms with Crippen LogP contribution in [-0.4, -0.2) is 48.6 Å². The van der Waals surface area contributed by atoms with E-state index in [9.17, 15) is 14.4 Å². The second-order valence-electron chi connectivity index (χ2n) is 6.00. The van der Waals surface area contributed by atoms with Crippen LogP contribution in [0.25, 0.3) is 0 Å². The highest BCUT2D eigenvalue weighted by atomic mass is 16.5. The normalized spacial score (nSPS) is 15.2. The van der Waals surface area contributed by atoms with Gasteiger partial charge in [0.25, 0.3) is 5.91 Å². The quantitative estimate of drug-likeness (QED) is 0.802. The van der Waals surface area contributed by atoms with E-state index < -0.39 is 24.0 Å². The highest BCUT2D eigenvalue weighted by Gasteiger charge is 2.31. The fourth-order valence-corrected chi connectivity index (χ4v) is 2.13. The van der Waals surface area contributed by atoms with Crippen LogP contribution in [0, 0.1) is 5.92 Å². The topological polar surface area (TPSA) is 84.9 Å². The summed E-state index contributed by atoms with van der Waals surface area (Å²) in [5.74, 6) is -0.0801. The van der Waals surface area contributed by atoms with Gasteiger partial charge in [-0.3, -0.25) is 9.69 Å². The van der Waals surface area contributed by atoms with Crippen molar-refractivity contribution in [2.75, 3.05) is 19.7 Å². The van der Waals surface area contributed by atoms with Crippen molar-refractivity contribution in [3.05, 3.63) is 29.8 Å². The van der Waals surface area contributed by atoms with Gasteiger partial charge in [0, 0.05) is 13.1 Å². The minimum atomic E-state index is -1.03. The Morgan fingerprint density at radius 3 is 2.42 bits per heavy atom.